The minimum atomic E-state index is -0.397. The Labute approximate surface area is 98.4 Å². The highest BCUT2D eigenvalue weighted by Crippen LogP contribution is 2.21. The summed E-state index contributed by atoms with van der Waals surface area (Å²) in [5, 5.41) is 0. The quantitative estimate of drug-likeness (QED) is 0.755. The topological polar surface area (TPSA) is 61.3 Å². The molecule has 5 heteroatoms. The molecule has 0 atom stereocenters. The van der Waals surface area contributed by atoms with Crippen molar-refractivity contribution in [2.75, 3.05) is 13.7 Å². The van der Waals surface area contributed by atoms with Gasteiger partial charge in [0, 0.05) is 18.5 Å². The zero-order chi connectivity index (χ0) is 12.3. The maximum Gasteiger partial charge on any atom is 0.339 e. The van der Waals surface area contributed by atoms with Crippen LogP contribution in [0.2, 0.25) is 0 Å². The van der Waals surface area contributed by atoms with E-state index in [2.05, 4.69) is 9.97 Å². The molecule has 0 unspecified atom stereocenters. The lowest BCUT2D eigenvalue weighted by atomic mass is 10.2. The number of esters is 1. The van der Waals surface area contributed by atoms with Crippen molar-refractivity contribution >= 4 is 17.0 Å². The Morgan fingerprint density at radius 2 is 2.24 bits per heavy atom. The van der Waals surface area contributed by atoms with Crippen LogP contribution in [-0.4, -0.2) is 29.7 Å². The minimum absolute atomic E-state index is 0.336. The average Bonchev–Trinajstić information content (AvgIpc) is 2.37. The molecule has 0 aliphatic rings. The van der Waals surface area contributed by atoms with E-state index < -0.39 is 5.97 Å². The van der Waals surface area contributed by atoms with Crippen LogP contribution in [0.25, 0.3) is 11.0 Å². The molecule has 2 rings (SSSR count). The van der Waals surface area contributed by atoms with E-state index in [1.165, 1.54) is 6.20 Å². The van der Waals surface area contributed by atoms with Crippen LogP contribution in [0.1, 0.15) is 17.3 Å². The van der Waals surface area contributed by atoms with E-state index in [1.807, 2.05) is 0 Å². The molecule has 0 aromatic carbocycles. The number of fused-ring (bicyclic) bond motifs is 1. The van der Waals surface area contributed by atoms with Crippen molar-refractivity contribution in [3.63, 3.8) is 0 Å². The second-order valence-electron chi connectivity index (χ2n) is 3.33. The number of nitrogens with zero attached hydrogens (tertiary/aromatic N) is 2. The predicted molar refractivity (Wildman–Crippen MR) is 62.0 cm³/mol. The number of pyridine rings is 2. The number of methoxy groups -OCH3 is 1. The van der Waals surface area contributed by atoms with E-state index in [4.69, 9.17) is 9.47 Å². The second-order valence-corrected chi connectivity index (χ2v) is 3.33. The van der Waals surface area contributed by atoms with Gasteiger partial charge in [0.25, 0.3) is 0 Å². The Kier molecular flexibility index (Phi) is 3.18. The highest BCUT2D eigenvalue weighted by Gasteiger charge is 2.10. The normalized spacial score (nSPS) is 10.2. The van der Waals surface area contributed by atoms with Crippen LogP contribution in [0.4, 0.5) is 0 Å². The lowest BCUT2D eigenvalue weighted by molar-refractivity contribution is 0.0526. The van der Waals surface area contributed by atoms with Crippen molar-refractivity contribution in [2.45, 2.75) is 6.92 Å². The van der Waals surface area contributed by atoms with Gasteiger partial charge in [0.05, 0.1) is 24.8 Å². The van der Waals surface area contributed by atoms with E-state index in [9.17, 15) is 4.79 Å². The highest BCUT2D eigenvalue weighted by molar-refractivity contribution is 5.93. The maximum absolute atomic E-state index is 11.5. The van der Waals surface area contributed by atoms with Crippen LogP contribution < -0.4 is 4.74 Å². The van der Waals surface area contributed by atoms with Crippen LogP contribution in [-0.2, 0) is 4.74 Å². The van der Waals surface area contributed by atoms with Gasteiger partial charge >= 0.3 is 5.97 Å². The first-order chi connectivity index (χ1) is 8.26. The fraction of sp³-hybridized carbons (Fsp3) is 0.250. The molecule has 0 spiro atoms. The summed E-state index contributed by atoms with van der Waals surface area (Å²) in [7, 11) is 1.57. The monoisotopic (exact) mass is 232 g/mol. The SMILES string of the molecule is CCOC(=O)c1cnc2c(OC)ccnc2c1. The van der Waals surface area contributed by atoms with Crippen LogP contribution in [0.15, 0.2) is 24.5 Å². The largest absolute Gasteiger partial charge is 0.494 e. The third kappa shape index (κ3) is 2.18. The van der Waals surface area contributed by atoms with Crippen molar-refractivity contribution in [3.05, 3.63) is 30.1 Å². The van der Waals surface area contributed by atoms with Crippen molar-refractivity contribution in [1.82, 2.24) is 9.97 Å². The molecule has 0 radical (unpaired) electrons. The molecule has 88 valence electrons. The molecule has 0 aliphatic carbocycles. The van der Waals surface area contributed by atoms with Crippen LogP contribution >= 0.6 is 0 Å². The van der Waals surface area contributed by atoms with Crippen molar-refractivity contribution in [2.24, 2.45) is 0 Å². The molecular formula is C12H12N2O3. The van der Waals surface area contributed by atoms with Crippen LogP contribution in [0, 0.1) is 0 Å². The van der Waals surface area contributed by atoms with Gasteiger partial charge in [-0.15, -0.1) is 0 Å². The van der Waals surface area contributed by atoms with E-state index in [-0.39, 0.29) is 0 Å². The molecule has 0 saturated carbocycles. The second kappa shape index (κ2) is 4.78. The molecule has 2 aromatic heterocycles. The van der Waals surface area contributed by atoms with Crippen molar-refractivity contribution in [1.29, 1.82) is 0 Å². The summed E-state index contributed by atoms with van der Waals surface area (Å²) in [6.45, 7) is 2.09. The van der Waals surface area contributed by atoms with Crippen molar-refractivity contribution in [3.8, 4) is 5.75 Å². The fourth-order valence-electron chi connectivity index (χ4n) is 1.50. The number of hydrogen-bond acceptors (Lipinski definition) is 5. The maximum atomic E-state index is 11.5. The number of hydrogen-bond donors (Lipinski definition) is 0. The van der Waals surface area contributed by atoms with Crippen LogP contribution in [0.3, 0.4) is 0 Å². The summed E-state index contributed by atoms with van der Waals surface area (Å²) < 4.78 is 10.1. The average molecular weight is 232 g/mol. The van der Waals surface area contributed by atoms with Gasteiger partial charge in [-0.2, -0.15) is 0 Å². The van der Waals surface area contributed by atoms with Gasteiger partial charge in [0.2, 0.25) is 0 Å². The Hall–Kier alpha value is -2.17. The predicted octanol–water partition coefficient (Wildman–Crippen LogP) is 1.82. The molecule has 0 bridgehead atoms. The fourth-order valence-corrected chi connectivity index (χ4v) is 1.50. The Bertz CT molecular complexity index is 554. The number of ether oxygens (including phenoxy) is 2. The number of carbonyl (C=O) groups is 1. The standard InChI is InChI=1S/C12H12N2O3/c1-3-17-12(15)8-6-9-11(14-7-8)10(16-2)4-5-13-9/h4-7H,3H2,1-2H3. The summed E-state index contributed by atoms with van der Waals surface area (Å²) in [5.41, 5.74) is 1.62. The highest BCUT2D eigenvalue weighted by atomic mass is 16.5. The summed E-state index contributed by atoms with van der Waals surface area (Å²) >= 11 is 0. The van der Waals surface area contributed by atoms with Gasteiger partial charge in [-0.1, -0.05) is 0 Å². The van der Waals surface area contributed by atoms with E-state index in [0.29, 0.717) is 29.0 Å². The van der Waals surface area contributed by atoms with Gasteiger partial charge in [-0.3, -0.25) is 4.98 Å². The molecule has 0 aliphatic heterocycles. The number of carbonyl (C=O) groups excluding carboxylic acids is 1. The van der Waals surface area contributed by atoms with Gasteiger partial charge in [-0.25, -0.2) is 9.78 Å². The van der Waals surface area contributed by atoms with E-state index >= 15 is 0 Å². The van der Waals surface area contributed by atoms with Crippen LogP contribution in [0.5, 0.6) is 5.75 Å². The van der Waals surface area contributed by atoms with E-state index in [1.54, 1.807) is 32.4 Å². The van der Waals surface area contributed by atoms with Gasteiger partial charge in [0.1, 0.15) is 11.3 Å². The first kappa shape index (κ1) is 11.3. The molecule has 0 saturated heterocycles. The van der Waals surface area contributed by atoms with Gasteiger partial charge in [0.15, 0.2) is 0 Å². The Balaban J connectivity index is 2.48. The number of rotatable bonds is 3. The van der Waals surface area contributed by atoms with Gasteiger partial charge in [-0.05, 0) is 13.0 Å². The van der Waals surface area contributed by atoms with E-state index in [0.717, 1.165) is 0 Å². The molecule has 2 aromatic rings. The lowest BCUT2D eigenvalue weighted by Crippen LogP contribution is -2.05. The summed E-state index contributed by atoms with van der Waals surface area (Å²) in [5.74, 6) is 0.233. The molecular weight excluding hydrogens is 220 g/mol. The lowest BCUT2D eigenvalue weighted by Gasteiger charge is -2.05. The summed E-state index contributed by atoms with van der Waals surface area (Å²) in [6.07, 6.45) is 3.07. The molecule has 0 N–H and O–H groups in total. The first-order valence-electron chi connectivity index (χ1n) is 5.22. The third-order valence-electron chi connectivity index (χ3n) is 2.27. The smallest absolute Gasteiger partial charge is 0.339 e. The molecule has 2 heterocycles. The summed E-state index contributed by atoms with van der Waals surface area (Å²) in [6, 6.07) is 3.36. The molecule has 0 fully saturated rings. The Morgan fingerprint density at radius 1 is 1.41 bits per heavy atom. The minimum Gasteiger partial charge on any atom is -0.494 e. The van der Waals surface area contributed by atoms with Crippen molar-refractivity contribution < 1.29 is 14.3 Å². The molecule has 0 amide bonds. The van der Waals surface area contributed by atoms with Gasteiger partial charge < -0.3 is 9.47 Å². The zero-order valence-corrected chi connectivity index (χ0v) is 9.64. The zero-order valence-electron chi connectivity index (χ0n) is 9.64. The molecule has 5 nitrogen and oxygen atoms in total. The number of aromatic nitrogens is 2. The third-order valence-corrected chi connectivity index (χ3v) is 2.27. The summed E-state index contributed by atoms with van der Waals surface area (Å²) in [4.78, 5) is 19.8. The first-order valence-corrected chi connectivity index (χ1v) is 5.22. The molecule has 17 heavy (non-hydrogen) atoms. The Morgan fingerprint density at radius 3 is 2.94 bits per heavy atom.